The zero-order valence-corrected chi connectivity index (χ0v) is 15.8. The van der Waals surface area contributed by atoms with Gasteiger partial charge in [0.25, 0.3) is 0 Å². The number of nitrogens with two attached hydrogens (primary N) is 1. The van der Waals surface area contributed by atoms with E-state index in [0.717, 1.165) is 52.4 Å². The molecule has 0 radical (unpaired) electrons. The lowest BCUT2D eigenvalue weighted by Crippen LogP contribution is -2.24. The fourth-order valence-corrected chi connectivity index (χ4v) is 3.76. The summed E-state index contributed by atoms with van der Waals surface area (Å²) >= 11 is 0. The van der Waals surface area contributed by atoms with Crippen molar-refractivity contribution in [3.8, 4) is 16.8 Å². The van der Waals surface area contributed by atoms with E-state index in [4.69, 9.17) is 10.8 Å². The van der Waals surface area contributed by atoms with E-state index in [1.54, 1.807) is 6.20 Å². The highest BCUT2D eigenvalue weighted by Gasteiger charge is 2.26. The first-order chi connectivity index (χ1) is 13.6. The summed E-state index contributed by atoms with van der Waals surface area (Å²) in [5.41, 5.74) is 13.0. The lowest BCUT2D eigenvalue weighted by atomic mass is 10.0. The van der Waals surface area contributed by atoms with Crippen LogP contribution in [0.25, 0.3) is 28.1 Å². The van der Waals surface area contributed by atoms with Gasteiger partial charge in [0.05, 0.1) is 11.4 Å². The van der Waals surface area contributed by atoms with Gasteiger partial charge < -0.3 is 10.6 Å². The topological polar surface area (TPSA) is 60.0 Å². The molecule has 5 nitrogen and oxygen atoms in total. The molecule has 2 aromatic heterocycles. The van der Waals surface area contributed by atoms with Crippen molar-refractivity contribution >= 4 is 22.9 Å². The largest absolute Gasteiger partial charge is 0.384 e. The summed E-state index contributed by atoms with van der Waals surface area (Å²) in [7, 11) is 2.03. The number of hydrogen-bond acceptors (Lipinski definition) is 4. The summed E-state index contributed by atoms with van der Waals surface area (Å²) in [4.78, 5) is 6.31. The van der Waals surface area contributed by atoms with Crippen LogP contribution in [0.5, 0.6) is 0 Å². The number of rotatable bonds is 2. The predicted octanol–water partition coefficient (Wildman–Crippen LogP) is 4.67. The van der Waals surface area contributed by atoms with Crippen LogP contribution >= 0.6 is 0 Å². The fraction of sp³-hybridized carbons (Fsp3) is 0.130. The van der Waals surface area contributed by atoms with Crippen LogP contribution in [-0.2, 0) is 0 Å². The van der Waals surface area contributed by atoms with Gasteiger partial charge in [0, 0.05) is 36.1 Å². The third kappa shape index (κ3) is 2.55. The van der Waals surface area contributed by atoms with Crippen LogP contribution in [0, 0.1) is 0 Å². The maximum absolute atomic E-state index is 5.73. The van der Waals surface area contributed by atoms with Crippen LogP contribution in [0.4, 0.5) is 11.6 Å². The number of nitrogens with zero attached hydrogens (tertiary/aromatic N) is 4. The average Bonchev–Trinajstić information content (AvgIpc) is 3.19. The monoisotopic (exact) mass is 367 g/mol. The normalized spacial score (nSPS) is 15.2. The van der Waals surface area contributed by atoms with Crippen molar-refractivity contribution in [3.05, 3.63) is 78.7 Å². The third-order valence-corrected chi connectivity index (χ3v) is 5.39. The Bertz CT molecular complexity index is 1150. The summed E-state index contributed by atoms with van der Waals surface area (Å²) in [5.74, 6) is 1.53. The quantitative estimate of drug-likeness (QED) is 0.715. The Hall–Kier alpha value is -3.60. The molecule has 1 aliphatic heterocycles. The lowest BCUT2D eigenvalue weighted by molar-refractivity contribution is 0.842. The number of aromatic nitrogens is 3. The molecule has 0 unspecified atom stereocenters. The first kappa shape index (κ1) is 16.6. The first-order valence-corrected chi connectivity index (χ1v) is 9.38. The van der Waals surface area contributed by atoms with Crippen LogP contribution in [0.2, 0.25) is 0 Å². The Labute approximate surface area is 164 Å². The standard InChI is InChI=1S/C23H21N5/c1-15-19-10-8-17(18-9-11-22(24)25-14-18)12-21(19)28-23(27(15)2)13-20(26-28)16-6-4-3-5-7-16/h4,6-14H,1,3,5H2,2H3,(H2,24,25). The summed E-state index contributed by atoms with van der Waals surface area (Å²) in [6, 6.07) is 12.3. The zero-order chi connectivity index (χ0) is 19.3. The van der Waals surface area contributed by atoms with Crippen molar-refractivity contribution in [2.24, 2.45) is 0 Å². The molecule has 0 atom stereocenters. The van der Waals surface area contributed by atoms with Gasteiger partial charge in [0.2, 0.25) is 0 Å². The molecule has 2 aliphatic rings. The molecule has 0 fully saturated rings. The average molecular weight is 367 g/mol. The summed E-state index contributed by atoms with van der Waals surface area (Å²) in [5, 5.41) is 4.93. The van der Waals surface area contributed by atoms with Gasteiger partial charge in [-0.15, -0.1) is 0 Å². The second kappa shape index (κ2) is 6.23. The molecule has 1 aromatic carbocycles. The van der Waals surface area contributed by atoms with Gasteiger partial charge in [-0.3, -0.25) is 0 Å². The molecular weight excluding hydrogens is 346 g/mol. The Morgan fingerprint density at radius 1 is 1.07 bits per heavy atom. The van der Waals surface area contributed by atoms with Crippen LogP contribution < -0.4 is 10.6 Å². The van der Waals surface area contributed by atoms with E-state index in [-0.39, 0.29) is 0 Å². The fourth-order valence-electron chi connectivity index (χ4n) is 3.76. The highest BCUT2D eigenvalue weighted by Crippen LogP contribution is 2.39. The van der Waals surface area contributed by atoms with E-state index in [9.17, 15) is 0 Å². The van der Waals surface area contributed by atoms with Crippen LogP contribution in [0.15, 0.2) is 67.4 Å². The summed E-state index contributed by atoms with van der Waals surface area (Å²) in [6.45, 7) is 4.30. The van der Waals surface area contributed by atoms with E-state index in [1.165, 1.54) is 5.57 Å². The van der Waals surface area contributed by atoms with Crippen molar-refractivity contribution in [3.63, 3.8) is 0 Å². The van der Waals surface area contributed by atoms with Crippen LogP contribution in [-0.4, -0.2) is 21.8 Å². The molecule has 138 valence electrons. The summed E-state index contributed by atoms with van der Waals surface area (Å²) in [6.07, 6.45) is 10.6. The second-order valence-electron chi connectivity index (χ2n) is 7.15. The Balaban J connectivity index is 1.66. The molecule has 5 heteroatoms. The van der Waals surface area contributed by atoms with E-state index in [2.05, 4.69) is 59.0 Å². The van der Waals surface area contributed by atoms with Crippen molar-refractivity contribution in [2.45, 2.75) is 12.8 Å². The summed E-state index contributed by atoms with van der Waals surface area (Å²) < 4.78 is 2.01. The predicted molar refractivity (Wildman–Crippen MR) is 115 cm³/mol. The number of anilines is 2. The van der Waals surface area contributed by atoms with Gasteiger partial charge in [-0.1, -0.05) is 36.9 Å². The molecule has 0 bridgehead atoms. The molecule has 3 heterocycles. The highest BCUT2D eigenvalue weighted by atomic mass is 15.4. The Morgan fingerprint density at radius 2 is 1.93 bits per heavy atom. The highest BCUT2D eigenvalue weighted by molar-refractivity contribution is 5.88. The number of benzene rings is 1. The van der Waals surface area contributed by atoms with Gasteiger partial charge in [0.1, 0.15) is 11.6 Å². The first-order valence-electron chi connectivity index (χ1n) is 9.38. The number of nitrogen functional groups attached to an aromatic ring is 1. The number of fused-ring (bicyclic) bond motifs is 3. The number of pyridine rings is 1. The SMILES string of the molecule is C=C1c2ccc(-c3ccc(N)nc3)cc2-n2nc(C3=CCCC=C3)cc2N1C. The number of hydrogen-bond donors (Lipinski definition) is 1. The number of allylic oxidation sites excluding steroid dienone is 4. The molecule has 5 rings (SSSR count). The van der Waals surface area contributed by atoms with Gasteiger partial charge in [-0.05, 0) is 42.2 Å². The second-order valence-corrected chi connectivity index (χ2v) is 7.15. The van der Waals surface area contributed by atoms with Gasteiger partial charge >= 0.3 is 0 Å². The molecule has 2 N–H and O–H groups in total. The maximum Gasteiger partial charge on any atom is 0.137 e. The zero-order valence-electron chi connectivity index (χ0n) is 15.8. The van der Waals surface area contributed by atoms with Crippen molar-refractivity contribution in [1.29, 1.82) is 0 Å². The van der Waals surface area contributed by atoms with Gasteiger partial charge in [-0.2, -0.15) is 5.10 Å². The lowest BCUT2D eigenvalue weighted by Gasteiger charge is -2.29. The molecule has 0 amide bonds. The molecule has 28 heavy (non-hydrogen) atoms. The van der Waals surface area contributed by atoms with E-state index in [0.29, 0.717) is 5.82 Å². The third-order valence-electron chi connectivity index (χ3n) is 5.39. The Kier molecular flexibility index (Phi) is 3.69. The van der Waals surface area contributed by atoms with E-state index >= 15 is 0 Å². The molecule has 0 saturated heterocycles. The van der Waals surface area contributed by atoms with Crippen molar-refractivity contribution in [1.82, 2.24) is 14.8 Å². The molecule has 0 saturated carbocycles. The van der Waals surface area contributed by atoms with Gasteiger partial charge in [0.15, 0.2) is 0 Å². The van der Waals surface area contributed by atoms with Crippen molar-refractivity contribution < 1.29 is 0 Å². The maximum atomic E-state index is 5.73. The molecule has 3 aromatic rings. The van der Waals surface area contributed by atoms with Crippen LogP contribution in [0.3, 0.4) is 0 Å². The van der Waals surface area contributed by atoms with Gasteiger partial charge in [-0.25, -0.2) is 9.67 Å². The minimum atomic E-state index is 0.518. The minimum Gasteiger partial charge on any atom is -0.384 e. The molecular formula is C23H21N5. The molecule has 0 spiro atoms. The molecule has 1 aliphatic carbocycles. The van der Waals surface area contributed by atoms with Crippen molar-refractivity contribution in [2.75, 3.05) is 17.7 Å². The Morgan fingerprint density at radius 3 is 2.68 bits per heavy atom. The van der Waals surface area contributed by atoms with E-state index in [1.807, 2.05) is 23.9 Å². The smallest absolute Gasteiger partial charge is 0.137 e. The van der Waals surface area contributed by atoms with Crippen LogP contribution in [0.1, 0.15) is 24.1 Å². The van der Waals surface area contributed by atoms with E-state index < -0.39 is 0 Å². The minimum absolute atomic E-state index is 0.518.